The Morgan fingerprint density at radius 3 is 2.60 bits per heavy atom. The molecule has 2 N–H and O–H groups in total. The van der Waals surface area contributed by atoms with Gasteiger partial charge in [0.25, 0.3) is 11.8 Å². The van der Waals surface area contributed by atoms with Gasteiger partial charge in [-0.25, -0.2) is 4.79 Å². The summed E-state index contributed by atoms with van der Waals surface area (Å²) in [5.41, 5.74) is 5.70. The molecule has 0 bridgehead atoms. The molecule has 0 saturated carbocycles. The van der Waals surface area contributed by atoms with Gasteiger partial charge in [0, 0.05) is 12.6 Å². The lowest BCUT2D eigenvalue weighted by Crippen LogP contribution is -2.44. The van der Waals surface area contributed by atoms with Crippen molar-refractivity contribution in [2.75, 3.05) is 40.0 Å². The lowest BCUT2D eigenvalue weighted by atomic mass is 10.2. The maximum Gasteiger partial charge on any atom is 0.331 e. The summed E-state index contributed by atoms with van der Waals surface area (Å²) < 4.78 is 27.2. The minimum Gasteiger partial charge on any atom is -0.493 e. The molecule has 3 rings (SSSR count). The number of amides is 2. The Bertz CT molecular complexity index is 1080. The van der Waals surface area contributed by atoms with Crippen molar-refractivity contribution < 1.29 is 38.1 Å². The average molecular weight is 485 g/mol. The molecule has 0 radical (unpaired) electrons. The summed E-state index contributed by atoms with van der Waals surface area (Å²) in [4.78, 5) is 37.1. The van der Waals surface area contributed by atoms with Crippen molar-refractivity contribution in [1.82, 2.24) is 4.90 Å². The number of nitrogens with zero attached hydrogens (tertiary/aromatic N) is 1. The lowest BCUT2D eigenvalue weighted by Gasteiger charge is -2.30. The fraction of sp³-hybridized carbons (Fsp3) is 0.320. The number of carbonyl (C=O) groups is 3. The van der Waals surface area contributed by atoms with Gasteiger partial charge in [0.2, 0.25) is 0 Å². The van der Waals surface area contributed by atoms with Crippen LogP contribution < -0.4 is 24.7 Å². The number of carbonyl (C=O) groups excluding carboxylic acids is 3. The Morgan fingerprint density at radius 2 is 1.89 bits per heavy atom. The fourth-order valence-corrected chi connectivity index (χ4v) is 3.30. The normalized spacial score (nSPS) is 14.3. The third-order valence-electron chi connectivity index (χ3n) is 5.03. The molecule has 10 heteroatoms. The summed E-state index contributed by atoms with van der Waals surface area (Å²) in [6.07, 6.45) is 2.39. The van der Waals surface area contributed by atoms with Crippen LogP contribution >= 0.6 is 0 Å². The van der Waals surface area contributed by atoms with Gasteiger partial charge in [-0.05, 0) is 42.8 Å². The fourth-order valence-electron chi connectivity index (χ4n) is 3.30. The van der Waals surface area contributed by atoms with Crippen LogP contribution in [0.15, 0.2) is 48.5 Å². The minimum atomic E-state index is -0.673. The average Bonchev–Trinajstić information content (AvgIpc) is 2.87. The molecule has 0 spiro atoms. The van der Waals surface area contributed by atoms with Crippen molar-refractivity contribution in [3.63, 3.8) is 0 Å². The molecule has 0 aliphatic carbocycles. The number of esters is 1. The van der Waals surface area contributed by atoms with Gasteiger partial charge in [0.15, 0.2) is 42.3 Å². The second-order valence-electron chi connectivity index (χ2n) is 7.54. The summed E-state index contributed by atoms with van der Waals surface area (Å²) in [6, 6.07) is 12.2. The number of fused-ring (bicyclic) bond motifs is 1. The first kappa shape index (κ1) is 25.4. The zero-order valence-corrected chi connectivity index (χ0v) is 19.6. The standard InChI is InChI=1S/C25H28N2O8/c1-3-27(13-18-14-32-19-6-4-5-7-21(19)35-18)24(29)16-34-25(30)11-9-17-8-10-20(22(12-17)31-2)33-15-23(26)28/h4-12,18H,3,13-16H2,1-2H3,(H2,26,28)/b11-9+. The zero-order chi connectivity index (χ0) is 25.2. The molecule has 1 aliphatic heterocycles. The first-order chi connectivity index (χ1) is 16.9. The second-order valence-corrected chi connectivity index (χ2v) is 7.54. The van der Waals surface area contributed by atoms with E-state index in [0.717, 1.165) is 0 Å². The highest BCUT2D eigenvalue weighted by Crippen LogP contribution is 2.31. The highest BCUT2D eigenvalue weighted by Gasteiger charge is 2.25. The molecule has 1 aliphatic rings. The van der Waals surface area contributed by atoms with Crippen LogP contribution in [0.2, 0.25) is 0 Å². The maximum atomic E-state index is 12.6. The number of hydrogen-bond acceptors (Lipinski definition) is 8. The largest absolute Gasteiger partial charge is 0.493 e. The van der Waals surface area contributed by atoms with E-state index in [9.17, 15) is 14.4 Å². The van der Waals surface area contributed by atoms with Crippen LogP contribution in [-0.2, 0) is 19.1 Å². The highest BCUT2D eigenvalue weighted by molar-refractivity contribution is 5.89. The number of nitrogens with two attached hydrogens (primary N) is 1. The van der Waals surface area contributed by atoms with Crippen molar-refractivity contribution >= 4 is 23.9 Å². The number of primary amides is 1. The van der Waals surface area contributed by atoms with Crippen LogP contribution in [0.5, 0.6) is 23.0 Å². The first-order valence-electron chi connectivity index (χ1n) is 11.0. The van der Waals surface area contributed by atoms with Crippen molar-refractivity contribution in [2.45, 2.75) is 13.0 Å². The molecular weight excluding hydrogens is 456 g/mol. The number of rotatable bonds is 11. The lowest BCUT2D eigenvalue weighted by molar-refractivity contribution is -0.148. The van der Waals surface area contributed by atoms with E-state index in [1.165, 1.54) is 19.3 Å². The quantitative estimate of drug-likeness (QED) is 0.378. The summed E-state index contributed by atoms with van der Waals surface area (Å²) >= 11 is 0. The summed E-state index contributed by atoms with van der Waals surface area (Å²) in [5.74, 6) is 0.388. The van der Waals surface area contributed by atoms with Gasteiger partial charge in [-0.15, -0.1) is 0 Å². The molecule has 2 amide bonds. The van der Waals surface area contributed by atoms with E-state index < -0.39 is 18.5 Å². The molecule has 2 aromatic carbocycles. The van der Waals surface area contributed by atoms with Gasteiger partial charge in [-0.3, -0.25) is 9.59 Å². The minimum absolute atomic E-state index is 0.284. The van der Waals surface area contributed by atoms with Crippen LogP contribution in [-0.4, -0.2) is 68.8 Å². The smallest absolute Gasteiger partial charge is 0.331 e. The monoisotopic (exact) mass is 484 g/mol. The van der Waals surface area contributed by atoms with E-state index in [1.807, 2.05) is 31.2 Å². The van der Waals surface area contributed by atoms with Gasteiger partial charge >= 0.3 is 5.97 Å². The SMILES string of the molecule is CCN(CC1COc2ccccc2O1)C(=O)COC(=O)/C=C/c1ccc(OCC(N)=O)c(OC)c1. The Kier molecular flexibility index (Phi) is 8.94. The van der Waals surface area contributed by atoms with Crippen molar-refractivity contribution in [1.29, 1.82) is 0 Å². The van der Waals surface area contributed by atoms with Gasteiger partial charge < -0.3 is 34.3 Å². The predicted molar refractivity (Wildman–Crippen MR) is 126 cm³/mol. The molecule has 1 atom stereocenters. The summed E-state index contributed by atoms with van der Waals surface area (Å²) in [5, 5.41) is 0. The van der Waals surface area contributed by atoms with E-state index in [1.54, 1.807) is 23.1 Å². The van der Waals surface area contributed by atoms with Crippen molar-refractivity contribution in [3.05, 3.63) is 54.1 Å². The van der Waals surface area contributed by atoms with Crippen molar-refractivity contribution in [3.8, 4) is 23.0 Å². The van der Waals surface area contributed by atoms with Crippen LogP contribution in [0.3, 0.4) is 0 Å². The number of hydrogen-bond donors (Lipinski definition) is 1. The number of para-hydroxylation sites is 2. The number of methoxy groups -OCH3 is 1. The first-order valence-corrected chi connectivity index (χ1v) is 11.0. The van der Waals surface area contributed by atoms with Crippen LogP contribution in [0.4, 0.5) is 0 Å². The Labute approximate surface area is 203 Å². The Morgan fingerprint density at radius 1 is 1.11 bits per heavy atom. The molecule has 0 fully saturated rings. The number of benzene rings is 2. The topological polar surface area (TPSA) is 127 Å². The molecular formula is C25H28N2O8. The third-order valence-corrected chi connectivity index (χ3v) is 5.03. The molecule has 0 aromatic heterocycles. The van der Waals surface area contributed by atoms with Crippen molar-refractivity contribution in [2.24, 2.45) is 5.73 Å². The van der Waals surface area contributed by atoms with E-state index in [-0.39, 0.29) is 18.6 Å². The molecule has 1 heterocycles. The van der Waals surface area contributed by atoms with Gasteiger partial charge in [-0.1, -0.05) is 18.2 Å². The van der Waals surface area contributed by atoms with E-state index in [4.69, 9.17) is 29.4 Å². The summed E-state index contributed by atoms with van der Waals surface area (Å²) in [7, 11) is 1.45. The molecule has 2 aromatic rings. The van der Waals surface area contributed by atoms with Crippen LogP contribution in [0.25, 0.3) is 6.08 Å². The maximum absolute atomic E-state index is 12.6. The number of likely N-dealkylation sites (N-methyl/N-ethyl adjacent to an activating group) is 1. The highest BCUT2D eigenvalue weighted by atomic mass is 16.6. The van der Waals surface area contributed by atoms with E-state index in [2.05, 4.69) is 0 Å². The summed E-state index contributed by atoms with van der Waals surface area (Å²) in [6.45, 7) is 2.21. The molecule has 1 unspecified atom stereocenters. The van der Waals surface area contributed by atoms with E-state index in [0.29, 0.717) is 48.3 Å². The Balaban J connectivity index is 1.49. The van der Waals surface area contributed by atoms with Gasteiger partial charge in [0.1, 0.15) is 6.61 Å². The molecule has 35 heavy (non-hydrogen) atoms. The number of ether oxygens (including phenoxy) is 5. The Hall–Kier alpha value is -4.21. The molecule has 186 valence electrons. The molecule has 10 nitrogen and oxygen atoms in total. The van der Waals surface area contributed by atoms with Gasteiger partial charge in [0.05, 0.1) is 13.7 Å². The van der Waals surface area contributed by atoms with Crippen LogP contribution in [0.1, 0.15) is 12.5 Å². The molecule has 0 saturated heterocycles. The van der Waals surface area contributed by atoms with Crippen LogP contribution in [0, 0.1) is 0 Å². The zero-order valence-electron chi connectivity index (χ0n) is 19.6. The predicted octanol–water partition coefficient (Wildman–Crippen LogP) is 1.80. The second kappa shape index (κ2) is 12.3. The van der Waals surface area contributed by atoms with Gasteiger partial charge in [-0.2, -0.15) is 0 Å². The van der Waals surface area contributed by atoms with E-state index >= 15 is 0 Å². The third kappa shape index (κ3) is 7.39.